The van der Waals surface area contributed by atoms with Crippen molar-refractivity contribution in [2.75, 3.05) is 6.61 Å². The van der Waals surface area contributed by atoms with Gasteiger partial charge in [-0.05, 0) is 16.7 Å². The van der Waals surface area contributed by atoms with Crippen LogP contribution < -0.4 is 0 Å². The Morgan fingerprint density at radius 2 is 1.19 bits per heavy atom. The third-order valence-corrected chi connectivity index (χ3v) is 5.88. The predicted octanol–water partition coefficient (Wildman–Crippen LogP) is 4.02. The summed E-state index contributed by atoms with van der Waals surface area (Å²) in [6, 6.07) is 29.0. The molecule has 7 nitrogen and oxygen atoms in total. The van der Waals surface area contributed by atoms with Crippen molar-refractivity contribution in [2.24, 2.45) is 0 Å². The smallest absolute Gasteiger partial charge is 0.303 e. The summed E-state index contributed by atoms with van der Waals surface area (Å²) in [5.41, 5.74) is 2.88. The van der Waals surface area contributed by atoms with Crippen LogP contribution in [0.25, 0.3) is 0 Å². The summed E-state index contributed by atoms with van der Waals surface area (Å²) in [6.45, 7) is 2.31. The minimum Gasteiger partial charge on any atom is -0.457 e. The first kappa shape index (κ1) is 26.0. The second-order valence-electron chi connectivity index (χ2n) is 8.66. The standard InChI is InChI=1S/C29H32O7/c1-21(30)35-27-26(33-18-23-13-7-3-8-14-23)25(20-32-17-22-11-5-2-6-12-22)36-29(31)28(27)34-19-24-15-9-4-10-16-24/h2-16,25-29,31H,17-20H2,1H3/t25-,26-,27+,28+,29-/m1/s1. The fraction of sp³-hybridized carbons (Fsp3) is 0.345. The molecule has 1 heterocycles. The van der Waals surface area contributed by atoms with E-state index in [0.29, 0.717) is 6.61 Å². The average molecular weight is 493 g/mol. The molecule has 4 rings (SSSR count). The molecule has 1 N–H and O–H groups in total. The minimum atomic E-state index is -1.33. The van der Waals surface area contributed by atoms with E-state index in [4.69, 9.17) is 23.7 Å². The van der Waals surface area contributed by atoms with Gasteiger partial charge in [0.1, 0.15) is 18.3 Å². The summed E-state index contributed by atoms with van der Waals surface area (Å²) in [4.78, 5) is 12.1. The quantitative estimate of drug-likeness (QED) is 0.405. The number of esters is 1. The van der Waals surface area contributed by atoms with Crippen molar-refractivity contribution in [3.8, 4) is 0 Å². The lowest BCUT2D eigenvalue weighted by Crippen LogP contribution is -2.61. The SMILES string of the molecule is CC(=O)O[C@@H]1[C@H](OCc2ccccc2)[C@H](O)O[C@H](COCc2ccccc2)[C@H]1OCc1ccccc1. The fourth-order valence-corrected chi connectivity index (χ4v) is 4.13. The van der Waals surface area contributed by atoms with Gasteiger partial charge >= 0.3 is 5.97 Å². The topological polar surface area (TPSA) is 83.5 Å². The lowest BCUT2D eigenvalue weighted by Gasteiger charge is -2.43. The molecule has 3 aromatic carbocycles. The number of carbonyl (C=O) groups is 1. The van der Waals surface area contributed by atoms with E-state index in [2.05, 4.69) is 0 Å². The molecule has 1 fully saturated rings. The van der Waals surface area contributed by atoms with E-state index in [1.165, 1.54) is 6.92 Å². The zero-order valence-electron chi connectivity index (χ0n) is 20.3. The lowest BCUT2D eigenvalue weighted by molar-refractivity contribution is -0.310. The number of hydrogen-bond donors (Lipinski definition) is 1. The van der Waals surface area contributed by atoms with Crippen LogP contribution in [-0.4, -0.2) is 48.4 Å². The van der Waals surface area contributed by atoms with Crippen molar-refractivity contribution in [2.45, 2.75) is 57.5 Å². The van der Waals surface area contributed by atoms with Gasteiger partial charge in [0.25, 0.3) is 0 Å². The van der Waals surface area contributed by atoms with E-state index < -0.39 is 36.7 Å². The van der Waals surface area contributed by atoms with Gasteiger partial charge in [-0.15, -0.1) is 0 Å². The third kappa shape index (κ3) is 7.46. The second kappa shape index (κ2) is 13.3. The van der Waals surface area contributed by atoms with Crippen LogP contribution in [0.5, 0.6) is 0 Å². The number of carbonyl (C=O) groups excluding carboxylic acids is 1. The number of hydrogen-bond acceptors (Lipinski definition) is 7. The predicted molar refractivity (Wildman–Crippen MR) is 133 cm³/mol. The Balaban J connectivity index is 1.51. The Bertz CT molecular complexity index is 1040. The molecule has 5 atom stereocenters. The number of aliphatic hydroxyl groups excluding tert-OH is 1. The van der Waals surface area contributed by atoms with Crippen molar-refractivity contribution in [3.63, 3.8) is 0 Å². The molecule has 1 aliphatic heterocycles. The van der Waals surface area contributed by atoms with Gasteiger partial charge in [-0.1, -0.05) is 91.0 Å². The van der Waals surface area contributed by atoms with Crippen LogP contribution >= 0.6 is 0 Å². The molecular weight excluding hydrogens is 460 g/mol. The molecule has 36 heavy (non-hydrogen) atoms. The Kier molecular flexibility index (Phi) is 9.61. The van der Waals surface area contributed by atoms with Gasteiger partial charge in [-0.25, -0.2) is 0 Å². The van der Waals surface area contributed by atoms with Crippen LogP contribution in [0.1, 0.15) is 23.6 Å². The summed E-state index contributed by atoms with van der Waals surface area (Å²) < 4.78 is 29.8. The van der Waals surface area contributed by atoms with Gasteiger partial charge in [0, 0.05) is 6.92 Å². The maximum absolute atomic E-state index is 12.1. The first-order valence-electron chi connectivity index (χ1n) is 12.0. The zero-order valence-corrected chi connectivity index (χ0v) is 20.3. The molecule has 0 unspecified atom stereocenters. The van der Waals surface area contributed by atoms with Crippen molar-refractivity contribution in [1.29, 1.82) is 0 Å². The highest BCUT2D eigenvalue weighted by Gasteiger charge is 2.49. The monoisotopic (exact) mass is 492 g/mol. The zero-order chi connectivity index (χ0) is 25.2. The van der Waals surface area contributed by atoms with Gasteiger partial charge in [0.2, 0.25) is 0 Å². The van der Waals surface area contributed by atoms with Crippen LogP contribution in [-0.2, 0) is 48.3 Å². The molecule has 190 valence electrons. The van der Waals surface area contributed by atoms with E-state index in [1.807, 2.05) is 91.0 Å². The van der Waals surface area contributed by atoms with Crippen LogP contribution in [0.2, 0.25) is 0 Å². The van der Waals surface area contributed by atoms with Crippen molar-refractivity contribution < 1.29 is 33.6 Å². The first-order valence-corrected chi connectivity index (χ1v) is 12.0. The molecule has 0 radical (unpaired) electrons. The Morgan fingerprint density at radius 3 is 1.69 bits per heavy atom. The van der Waals surface area contributed by atoms with Crippen molar-refractivity contribution in [3.05, 3.63) is 108 Å². The van der Waals surface area contributed by atoms with E-state index in [1.54, 1.807) is 0 Å². The molecule has 0 spiro atoms. The van der Waals surface area contributed by atoms with E-state index >= 15 is 0 Å². The average Bonchev–Trinajstić information content (AvgIpc) is 2.89. The summed E-state index contributed by atoms with van der Waals surface area (Å²) >= 11 is 0. The fourth-order valence-electron chi connectivity index (χ4n) is 4.13. The van der Waals surface area contributed by atoms with Crippen LogP contribution in [0.15, 0.2) is 91.0 Å². The molecular formula is C29H32O7. The molecule has 0 amide bonds. The van der Waals surface area contributed by atoms with Gasteiger partial charge < -0.3 is 28.8 Å². The molecule has 7 heteroatoms. The largest absolute Gasteiger partial charge is 0.457 e. The van der Waals surface area contributed by atoms with Crippen LogP contribution in [0, 0.1) is 0 Å². The Hall–Kier alpha value is -3.07. The van der Waals surface area contributed by atoms with Gasteiger partial charge in [0.05, 0.1) is 26.4 Å². The lowest BCUT2D eigenvalue weighted by atomic mass is 9.98. The summed E-state index contributed by atoms with van der Waals surface area (Å²) in [5, 5.41) is 10.9. The van der Waals surface area contributed by atoms with E-state index in [9.17, 15) is 9.90 Å². The van der Waals surface area contributed by atoms with Gasteiger partial charge in [-0.3, -0.25) is 4.79 Å². The number of benzene rings is 3. The highest BCUT2D eigenvalue weighted by Crippen LogP contribution is 2.29. The van der Waals surface area contributed by atoms with Crippen molar-refractivity contribution >= 4 is 5.97 Å². The highest BCUT2D eigenvalue weighted by atomic mass is 16.7. The first-order chi connectivity index (χ1) is 17.6. The second-order valence-corrected chi connectivity index (χ2v) is 8.66. The minimum absolute atomic E-state index is 0.134. The molecule has 0 bridgehead atoms. The summed E-state index contributed by atoms with van der Waals surface area (Å²) in [6.07, 6.45) is -4.59. The number of ether oxygens (including phenoxy) is 5. The molecule has 0 aromatic heterocycles. The molecule has 3 aromatic rings. The molecule has 0 saturated carbocycles. The number of rotatable bonds is 11. The normalized spacial score (nSPS) is 23.8. The highest BCUT2D eigenvalue weighted by molar-refractivity contribution is 5.66. The molecule has 1 aliphatic rings. The van der Waals surface area contributed by atoms with E-state index in [-0.39, 0.29) is 19.8 Å². The van der Waals surface area contributed by atoms with Crippen molar-refractivity contribution in [1.82, 2.24) is 0 Å². The van der Waals surface area contributed by atoms with Gasteiger partial charge in [0.15, 0.2) is 12.4 Å². The molecule has 0 aliphatic carbocycles. The number of aliphatic hydroxyl groups is 1. The third-order valence-electron chi connectivity index (χ3n) is 5.88. The van der Waals surface area contributed by atoms with E-state index in [0.717, 1.165) is 16.7 Å². The maximum Gasteiger partial charge on any atom is 0.303 e. The Labute approximate surface area is 211 Å². The van der Waals surface area contributed by atoms with Crippen LogP contribution in [0.3, 0.4) is 0 Å². The van der Waals surface area contributed by atoms with Gasteiger partial charge in [-0.2, -0.15) is 0 Å². The summed E-state index contributed by atoms with van der Waals surface area (Å²) in [5.74, 6) is -0.500. The van der Waals surface area contributed by atoms with Crippen LogP contribution in [0.4, 0.5) is 0 Å². The summed E-state index contributed by atoms with van der Waals surface area (Å²) in [7, 11) is 0. The maximum atomic E-state index is 12.1. The Morgan fingerprint density at radius 1 is 0.722 bits per heavy atom. The molecule has 1 saturated heterocycles.